The molecule has 4 aromatic rings. The van der Waals surface area contributed by atoms with Gasteiger partial charge in [0.1, 0.15) is 12.4 Å². The molecular weight excluding hydrogens is 486 g/mol. The SMILES string of the molecule is COc1cccc(C2C3=C(COC3=O)Nc3c2c2cc(OC)c(OC)cc2c2cc(OC)c(OC)cc32)c1. The lowest BCUT2D eigenvalue weighted by Gasteiger charge is -2.31. The Morgan fingerprint density at radius 3 is 1.92 bits per heavy atom. The van der Waals surface area contributed by atoms with Gasteiger partial charge in [0.05, 0.1) is 52.5 Å². The predicted octanol–water partition coefficient (Wildman–Crippen LogP) is 5.40. The van der Waals surface area contributed by atoms with E-state index in [-0.39, 0.29) is 12.6 Å². The van der Waals surface area contributed by atoms with Gasteiger partial charge in [0.25, 0.3) is 0 Å². The lowest BCUT2D eigenvalue weighted by atomic mass is 9.77. The van der Waals surface area contributed by atoms with Gasteiger partial charge < -0.3 is 33.7 Å². The fraction of sp³-hybridized carbons (Fsp3) is 0.233. The molecule has 8 heteroatoms. The van der Waals surface area contributed by atoms with Crippen LogP contribution in [0.2, 0.25) is 0 Å². The highest BCUT2D eigenvalue weighted by molar-refractivity contribution is 6.19. The smallest absolute Gasteiger partial charge is 0.337 e. The number of fused-ring (bicyclic) bond motifs is 6. The van der Waals surface area contributed by atoms with Crippen molar-refractivity contribution in [2.45, 2.75) is 5.92 Å². The fourth-order valence-electron chi connectivity index (χ4n) is 5.61. The third-order valence-electron chi connectivity index (χ3n) is 7.34. The molecule has 0 amide bonds. The number of hydrogen-bond donors (Lipinski definition) is 1. The van der Waals surface area contributed by atoms with Crippen LogP contribution < -0.4 is 29.0 Å². The largest absolute Gasteiger partial charge is 0.497 e. The molecule has 0 aromatic heterocycles. The molecule has 0 radical (unpaired) electrons. The Hall–Kier alpha value is -4.59. The molecule has 1 N–H and O–H groups in total. The van der Waals surface area contributed by atoms with Gasteiger partial charge in [-0.05, 0) is 63.7 Å². The van der Waals surface area contributed by atoms with E-state index < -0.39 is 5.92 Å². The van der Waals surface area contributed by atoms with Crippen LogP contribution in [0.15, 0.2) is 59.8 Å². The van der Waals surface area contributed by atoms with E-state index in [1.807, 2.05) is 48.5 Å². The molecule has 0 spiro atoms. The maximum Gasteiger partial charge on any atom is 0.337 e. The third-order valence-corrected chi connectivity index (χ3v) is 7.34. The van der Waals surface area contributed by atoms with Crippen LogP contribution >= 0.6 is 0 Å². The van der Waals surface area contributed by atoms with E-state index in [4.69, 9.17) is 28.4 Å². The first-order chi connectivity index (χ1) is 18.5. The van der Waals surface area contributed by atoms with Crippen molar-refractivity contribution in [1.29, 1.82) is 0 Å². The van der Waals surface area contributed by atoms with E-state index in [9.17, 15) is 4.79 Å². The first-order valence-corrected chi connectivity index (χ1v) is 12.1. The summed E-state index contributed by atoms with van der Waals surface area (Å²) in [6.45, 7) is 0.173. The molecule has 0 fully saturated rings. The summed E-state index contributed by atoms with van der Waals surface area (Å²) < 4.78 is 33.8. The topological polar surface area (TPSA) is 84.5 Å². The summed E-state index contributed by atoms with van der Waals surface area (Å²) in [6.07, 6.45) is 0. The summed E-state index contributed by atoms with van der Waals surface area (Å²) in [5.41, 5.74) is 4.03. The number of ether oxygens (including phenoxy) is 6. The fourth-order valence-corrected chi connectivity index (χ4v) is 5.61. The molecule has 38 heavy (non-hydrogen) atoms. The summed E-state index contributed by atoms with van der Waals surface area (Å²) in [5.74, 6) is 2.33. The second-order valence-corrected chi connectivity index (χ2v) is 9.10. The van der Waals surface area contributed by atoms with Crippen LogP contribution in [0.5, 0.6) is 28.7 Å². The Kier molecular flexibility index (Phi) is 5.67. The Morgan fingerprint density at radius 2 is 1.32 bits per heavy atom. The van der Waals surface area contributed by atoms with Crippen LogP contribution in [0, 0.1) is 0 Å². The molecular formula is C30H27NO7. The maximum atomic E-state index is 13.1. The zero-order valence-electron chi connectivity index (χ0n) is 21.8. The van der Waals surface area contributed by atoms with Gasteiger partial charge in [-0.15, -0.1) is 0 Å². The first-order valence-electron chi connectivity index (χ1n) is 12.1. The number of benzene rings is 4. The van der Waals surface area contributed by atoms with Gasteiger partial charge in [-0.2, -0.15) is 0 Å². The average Bonchev–Trinajstić information content (AvgIpc) is 3.34. The molecule has 0 saturated carbocycles. The summed E-state index contributed by atoms with van der Waals surface area (Å²) in [4.78, 5) is 13.1. The third kappa shape index (κ3) is 3.40. The Balaban J connectivity index is 1.80. The molecule has 1 atom stereocenters. The molecule has 6 rings (SSSR count). The minimum absolute atomic E-state index is 0.173. The second kappa shape index (κ2) is 9.06. The molecule has 0 saturated heterocycles. The molecule has 2 aliphatic heterocycles. The molecule has 0 aliphatic carbocycles. The molecule has 194 valence electrons. The molecule has 1 unspecified atom stereocenters. The number of anilines is 1. The number of cyclic esters (lactones) is 1. The van der Waals surface area contributed by atoms with Crippen molar-refractivity contribution < 1.29 is 33.2 Å². The summed E-state index contributed by atoms with van der Waals surface area (Å²) >= 11 is 0. The molecule has 4 aromatic carbocycles. The van der Waals surface area contributed by atoms with Crippen LogP contribution in [0.1, 0.15) is 17.0 Å². The average molecular weight is 514 g/mol. The van der Waals surface area contributed by atoms with Crippen molar-refractivity contribution in [1.82, 2.24) is 0 Å². The maximum absolute atomic E-state index is 13.1. The number of carbonyl (C=O) groups excluding carboxylic acids is 1. The second-order valence-electron chi connectivity index (χ2n) is 9.10. The minimum Gasteiger partial charge on any atom is -0.497 e. The Labute approximate surface area is 219 Å². The number of carbonyl (C=O) groups is 1. The number of rotatable bonds is 6. The van der Waals surface area contributed by atoms with Crippen LogP contribution in [-0.4, -0.2) is 48.1 Å². The van der Waals surface area contributed by atoms with E-state index in [1.54, 1.807) is 35.5 Å². The highest BCUT2D eigenvalue weighted by atomic mass is 16.5. The summed E-state index contributed by atoms with van der Waals surface area (Å²) in [7, 11) is 8.08. The quantitative estimate of drug-likeness (QED) is 0.271. The van der Waals surface area contributed by atoms with E-state index in [0.717, 1.165) is 44.1 Å². The van der Waals surface area contributed by atoms with Gasteiger partial charge in [-0.25, -0.2) is 4.79 Å². The van der Waals surface area contributed by atoms with Crippen molar-refractivity contribution in [3.8, 4) is 28.7 Å². The van der Waals surface area contributed by atoms with Crippen molar-refractivity contribution in [2.24, 2.45) is 0 Å². The van der Waals surface area contributed by atoms with Crippen LogP contribution in [0.3, 0.4) is 0 Å². The van der Waals surface area contributed by atoms with Crippen molar-refractivity contribution in [3.63, 3.8) is 0 Å². The van der Waals surface area contributed by atoms with Crippen molar-refractivity contribution in [3.05, 3.63) is 70.9 Å². The zero-order chi connectivity index (χ0) is 26.6. The minimum atomic E-state index is -0.413. The summed E-state index contributed by atoms with van der Waals surface area (Å²) in [6, 6.07) is 15.6. The number of hydrogen-bond acceptors (Lipinski definition) is 8. The van der Waals surface area contributed by atoms with Gasteiger partial charge in [-0.3, -0.25) is 0 Å². The highest BCUT2D eigenvalue weighted by Gasteiger charge is 2.40. The lowest BCUT2D eigenvalue weighted by Crippen LogP contribution is -2.20. The van der Waals surface area contributed by atoms with Gasteiger partial charge in [0, 0.05) is 11.3 Å². The molecule has 8 nitrogen and oxygen atoms in total. The summed E-state index contributed by atoms with van der Waals surface area (Å²) in [5, 5.41) is 7.21. The van der Waals surface area contributed by atoms with E-state index in [0.29, 0.717) is 34.3 Å². The lowest BCUT2D eigenvalue weighted by molar-refractivity contribution is -0.136. The Bertz CT molecular complexity index is 1660. The van der Waals surface area contributed by atoms with E-state index >= 15 is 0 Å². The van der Waals surface area contributed by atoms with E-state index in [1.165, 1.54) is 0 Å². The predicted molar refractivity (Wildman–Crippen MR) is 144 cm³/mol. The van der Waals surface area contributed by atoms with Crippen molar-refractivity contribution in [2.75, 3.05) is 47.5 Å². The number of methoxy groups -OCH3 is 5. The number of nitrogens with one attached hydrogen (secondary N) is 1. The Morgan fingerprint density at radius 1 is 0.737 bits per heavy atom. The van der Waals surface area contributed by atoms with Gasteiger partial charge in [-0.1, -0.05) is 12.1 Å². The first kappa shape index (κ1) is 23.8. The van der Waals surface area contributed by atoms with Gasteiger partial charge in [0.2, 0.25) is 0 Å². The normalized spacial score (nSPS) is 16.0. The standard InChI is InChI=1S/C30H27NO7/c1-33-16-8-6-7-15(9-16)26-27-19-12-24(36-4)22(34-2)10-17(19)18-11-23(35-3)25(37-5)13-20(18)29(27)31-21-14-38-30(32)28(21)26/h6-13,26,31H,14H2,1-5H3. The van der Waals surface area contributed by atoms with Gasteiger partial charge >= 0.3 is 5.97 Å². The van der Waals surface area contributed by atoms with Crippen LogP contribution in [0.25, 0.3) is 21.5 Å². The van der Waals surface area contributed by atoms with Crippen LogP contribution in [-0.2, 0) is 9.53 Å². The highest BCUT2D eigenvalue weighted by Crippen LogP contribution is 2.53. The molecule has 2 aliphatic rings. The van der Waals surface area contributed by atoms with Crippen molar-refractivity contribution >= 4 is 33.2 Å². The zero-order valence-corrected chi connectivity index (χ0v) is 21.8. The number of esters is 1. The monoisotopic (exact) mass is 513 g/mol. The molecule has 2 heterocycles. The molecule has 0 bridgehead atoms. The van der Waals surface area contributed by atoms with E-state index in [2.05, 4.69) is 5.32 Å². The van der Waals surface area contributed by atoms with Crippen LogP contribution in [0.4, 0.5) is 5.69 Å². The van der Waals surface area contributed by atoms with Gasteiger partial charge in [0.15, 0.2) is 23.0 Å².